The third-order valence-corrected chi connectivity index (χ3v) is 4.96. The SMILES string of the molecule is COc1ccc(CN(C)CC(=O)Nc2ccnn2C2CCCC2)c(OC)c1. The Balaban J connectivity index is 1.58. The molecule has 7 nitrogen and oxygen atoms in total. The first kappa shape index (κ1) is 19.2. The van der Waals surface area contributed by atoms with Crippen LogP contribution in [-0.4, -0.2) is 48.4 Å². The van der Waals surface area contributed by atoms with E-state index >= 15 is 0 Å². The smallest absolute Gasteiger partial charge is 0.239 e. The van der Waals surface area contributed by atoms with Crippen LogP contribution in [0, 0.1) is 0 Å². The van der Waals surface area contributed by atoms with Crippen LogP contribution in [-0.2, 0) is 11.3 Å². The number of ether oxygens (including phenoxy) is 2. The number of carbonyl (C=O) groups excluding carboxylic acids is 1. The average Bonchev–Trinajstić information content (AvgIpc) is 3.33. The third-order valence-electron chi connectivity index (χ3n) is 4.96. The Morgan fingerprint density at radius 2 is 2.04 bits per heavy atom. The molecule has 0 atom stereocenters. The highest BCUT2D eigenvalue weighted by molar-refractivity contribution is 5.91. The molecule has 1 N–H and O–H groups in total. The van der Waals surface area contributed by atoms with Gasteiger partial charge in [-0.3, -0.25) is 9.69 Å². The minimum absolute atomic E-state index is 0.0512. The lowest BCUT2D eigenvalue weighted by molar-refractivity contribution is -0.117. The number of methoxy groups -OCH3 is 2. The minimum Gasteiger partial charge on any atom is -0.497 e. The molecule has 1 fully saturated rings. The van der Waals surface area contributed by atoms with Gasteiger partial charge in [0, 0.05) is 24.2 Å². The lowest BCUT2D eigenvalue weighted by atomic mass is 10.2. The third kappa shape index (κ3) is 4.80. The molecule has 7 heteroatoms. The second-order valence-electron chi connectivity index (χ2n) is 7.00. The summed E-state index contributed by atoms with van der Waals surface area (Å²) < 4.78 is 12.6. The molecule has 3 rings (SSSR count). The molecule has 1 aromatic heterocycles. The van der Waals surface area contributed by atoms with Gasteiger partial charge in [-0.2, -0.15) is 5.10 Å². The number of nitrogens with zero attached hydrogens (tertiary/aromatic N) is 3. The molecule has 0 saturated heterocycles. The van der Waals surface area contributed by atoms with Crippen molar-refractivity contribution in [1.29, 1.82) is 0 Å². The van der Waals surface area contributed by atoms with Crippen LogP contribution in [0.15, 0.2) is 30.5 Å². The first-order valence-electron chi connectivity index (χ1n) is 9.33. The van der Waals surface area contributed by atoms with Crippen molar-refractivity contribution in [3.8, 4) is 11.5 Å². The zero-order chi connectivity index (χ0) is 19.2. The standard InChI is InChI=1S/C20H28N4O3/c1-23(13-15-8-9-17(26-2)12-18(15)27-3)14-20(25)22-19-10-11-21-24(19)16-6-4-5-7-16/h8-12,16H,4-7,13-14H2,1-3H3,(H,22,25). The summed E-state index contributed by atoms with van der Waals surface area (Å²) in [5, 5.41) is 7.40. The first-order valence-corrected chi connectivity index (χ1v) is 9.33. The van der Waals surface area contributed by atoms with Crippen LogP contribution in [0.2, 0.25) is 0 Å². The van der Waals surface area contributed by atoms with Crippen molar-refractivity contribution < 1.29 is 14.3 Å². The van der Waals surface area contributed by atoms with Gasteiger partial charge >= 0.3 is 0 Å². The van der Waals surface area contributed by atoms with Crippen LogP contribution in [0.1, 0.15) is 37.3 Å². The molecule has 0 spiro atoms. The van der Waals surface area contributed by atoms with E-state index in [1.807, 2.05) is 40.9 Å². The molecule has 0 aliphatic heterocycles. The predicted octanol–water partition coefficient (Wildman–Crippen LogP) is 3.09. The quantitative estimate of drug-likeness (QED) is 0.771. The lowest BCUT2D eigenvalue weighted by Gasteiger charge is -2.19. The van der Waals surface area contributed by atoms with E-state index in [-0.39, 0.29) is 12.5 Å². The molecule has 1 aromatic carbocycles. The first-order chi connectivity index (χ1) is 13.1. The molecule has 0 radical (unpaired) electrons. The van der Waals surface area contributed by atoms with Gasteiger partial charge in [-0.25, -0.2) is 4.68 Å². The summed E-state index contributed by atoms with van der Waals surface area (Å²) in [6, 6.07) is 7.97. The van der Waals surface area contributed by atoms with Crippen molar-refractivity contribution in [2.24, 2.45) is 0 Å². The minimum atomic E-state index is -0.0512. The van der Waals surface area contributed by atoms with E-state index in [9.17, 15) is 4.79 Å². The average molecular weight is 372 g/mol. The Labute approximate surface area is 160 Å². The van der Waals surface area contributed by atoms with Gasteiger partial charge < -0.3 is 14.8 Å². The van der Waals surface area contributed by atoms with Gasteiger partial charge in [0.2, 0.25) is 5.91 Å². The molecule has 1 aliphatic rings. The normalized spacial score (nSPS) is 14.5. The van der Waals surface area contributed by atoms with Crippen LogP contribution in [0.3, 0.4) is 0 Å². The highest BCUT2D eigenvalue weighted by Crippen LogP contribution is 2.31. The molecule has 1 saturated carbocycles. The van der Waals surface area contributed by atoms with Crippen LogP contribution in [0.4, 0.5) is 5.82 Å². The summed E-state index contributed by atoms with van der Waals surface area (Å²) in [7, 11) is 5.17. The van der Waals surface area contributed by atoms with Gasteiger partial charge in [-0.1, -0.05) is 18.9 Å². The summed E-state index contributed by atoms with van der Waals surface area (Å²) in [5.74, 6) is 2.23. The molecule has 0 unspecified atom stereocenters. The molecule has 27 heavy (non-hydrogen) atoms. The molecule has 1 amide bonds. The maximum atomic E-state index is 12.5. The van der Waals surface area contributed by atoms with E-state index < -0.39 is 0 Å². The topological polar surface area (TPSA) is 68.6 Å². The number of likely N-dealkylation sites (N-methyl/N-ethyl adjacent to an activating group) is 1. The number of hydrogen-bond acceptors (Lipinski definition) is 5. The zero-order valence-corrected chi connectivity index (χ0v) is 16.3. The number of amides is 1. The fraction of sp³-hybridized carbons (Fsp3) is 0.500. The summed E-state index contributed by atoms with van der Waals surface area (Å²) in [6.07, 6.45) is 6.46. The van der Waals surface area contributed by atoms with Crippen molar-refractivity contribution in [2.75, 3.05) is 33.1 Å². The van der Waals surface area contributed by atoms with Crippen LogP contribution < -0.4 is 14.8 Å². The summed E-state index contributed by atoms with van der Waals surface area (Å²) in [6.45, 7) is 0.882. The zero-order valence-electron chi connectivity index (χ0n) is 16.3. The van der Waals surface area contributed by atoms with Gasteiger partial charge in [0.1, 0.15) is 17.3 Å². The van der Waals surface area contributed by atoms with Gasteiger partial charge in [-0.05, 0) is 26.0 Å². The van der Waals surface area contributed by atoms with Gasteiger partial charge in [0.25, 0.3) is 0 Å². The van der Waals surface area contributed by atoms with E-state index in [0.29, 0.717) is 12.6 Å². The van der Waals surface area contributed by atoms with E-state index in [1.54, 1.807) is 20.4 Å². The number of aromatic nitrogens is 2. The lowest BCUT2D eigenvalue weighted by Crippen LogP contribution is -2.30. The largest absolute Gasteiger partial charge is 0.497 e. The maximum absolute atomic E-state index is 12.5. The Hall–Kier alpha value is -2.54. The number of benzene rings is 1. The summed E-state index contributed by atoms with van der Waals surface area (Å²) in [4.78, 5) is 14.4. The van der Waals surface area contributed by atoms with E-state index in [4.69, 9.17) is 9.47 Å². The van der Waals surface area contributed by atoms with Crippen molar-refractivity contribution in [3.05, 3.63) is 36.0 Å². The molecule has 0 bridgehead atoms. The molecular weight excluding hydrogens is 344 g/mol. The maximum Gasteiger partial charge on any atom is 0.239 e. The molecule has 2 aromatic rings. The Morgan fingerprint density at radius 3 is 2.74 bits per heavy atom. The molecular formula is C20H28N4O3. The van der Waals surface area contributed by atoms with Crippen molar-refractivity contribution in [3.63, 3.8) is 0 Å². The summed E-state index contributed by atoms with van der Waals surface area (Å²) >= 11 is 0. The van der Waals surface area contributed by atoms with Crippen LogP contribution in [0.25, 0.3) is 0 Å². The van der Waals surface area contributed by atoms with E-state index in [0.717, 1.165) is 35.7 Å². The van der Waals surface area contributed by atoms with Gasteiger partial charge in [0.05, 0.1) is 33.0 Å². The number of anilines is 1. The highest BCUT2D eigenvalue weighted by atomic mass is 16.5. The van der Waals surface area contributed by atoms with E-state index in [1.165, 1.54) is 12.8 Å². The van der Waals surface area contributed by atoms with E-state index in [2.05, 4.69) is 10.4 Å². The number of carbonyl (C=O) groups is 1. The number of nitrogens with one attached hydrogen (secondary N) is 1. The predicted molar refractivity (Wildman–Crippen MR) is 104 cm³/mol. The Bertz CT molecular complexity index is 768. The number of hydrogen-bond donors (Lipinski definition) is 1. The molecule has 146 valence electrons. The second-order valence-corrected chi connectivity index (χ2v) is 7.00. The summed E-state index contributed by atoms with van der Waals surface area (Å²) in [5.41, 5.74) is 1.00. The second kappa shape index (κ2) is 8.90. The Morgan fingerprint density at radius 1 is 1.26 bits per heavy atom. The van der Waals surface area contributed by atoms with Gasteiger partial charge in [0.15, 0.2) is 0 Å². The molecule has 1 aliphatic carbocycles. The van der Waals surface area contributed by atoms with Crippen molar-refractivity contribution in [1.82, 2.24) is 14.7 Å². The van der Waals surface area contributed by atoms with Crippen LogP contribution >= 0.6 is 0 Å². The highest BCUT2D eigenvalue weighted by Gasteiger charge is 2.21. The monoisotopic (exact) mass is 372 g/mol. The Kier molecular flexibility index (Phi) is 6.34. The van der Waals surface area contributed by atoms with Crippen molar-refractivity contribution in [2.45, 2.75) is 38.3 Å². The van der Waals surface area contributed by atoms with Gasteiger partial charge in [-0.15, -0.1) is 0 Å². The fourth-order valence-corrected chi connectivity index (χ4v) is 3.61. The fourth-order valence-electron chi connectivity index (χ4n) is 3.61. The molecule has 1 heterocycles. The van der Waals surface area contributed by atoms with Crippen LogP contribution in [0.5, 0.6) is 11.5 Å². The number of rotatable bonds is 8. The van der Waals surface area contributed by atoms with Crippen molar-refractivity contribution >= 4 is 11.7 Å².